The van der Waals surface area contributed by atoms with E-state index in [1.807, 2.05) is 0 Å². The fourth-order valence-electron chi connectivity index (χ4n) is 2.60. The summed E-state index contributed by atoms with van der Waals surface area (Å²) in [6, 6.07) is 9.34. The minimum atomic E-state index is -0.845. The van der Waals surface area contributed by atoms with Gasteiger partial charge < -0.3 is 10.1 Å². The van der Waals surface area contributed by atoms with Crippen LogP contribution >= 0.6 is 0 Å². The molecule has 1 aliphatic rings. The molecule has 0 bridgehead atoms. The van der Waals surface area contributed by atoms with Crippen LogP contribution in [0.1, 0.15) is 15.9 Å². The zero-order chi connectivity index (χ0) is 19.6. The first-order valence-electron chi connectivity index (χ1n) is 7.87. The summed E-state index contributed by atoms with van der Waals surface area (Å²) in [6.45, 7) is 2.66. The number of amides is 2. The predicted octanol–water partition coefficient (Wildman–Crippen LogP) is 2.57. The smallest absolute Gasteiger partial charge is 0.326 e. The van der Waals surface area contributed by atoms with Crippen LogP contribution in [0.3, 0.4) is 0 Å². The topological polar surface area (TPSA) is 75.7 Å². The first-order valence-corrected chi connectivity index (χ1v) is 7.87. The average Bonchev–Trinajstić information content (AvgIpc) is 2.88. The first-order chi connectivity index (χ1) is 12.9. The third-order valence-corrected chi connectivity index (χ3v) is 3.89. The Hall–Kier alpha value is -3.55. The van der Waals surface area contributed by atoms with Gasteiger partial charge in [-0.1, -0.05) is 24.8 Å². The van der Waals surface area contributed by atoms with Crippen molar-refractivity contribution in [2.45, 2.75) is 0 Å². The van der Waals surface area contributed by atoms with Crippen molar-refractivity contribution < 1.29 is 27.9 Å². The third kappa shape index (κ3) is 3.84. The molecule has 2 aromatic rings. The number of hydrogen-bond donors (Lipinski definition) is 1. The molecule has 0 aromatic heterocycles. The van der Waals surface area contributed by atoms with Gasteiger partial charge in [-0.25, -0.2) is 8.78 Å². The Morgan fingerprint density at radius 3 is 2.52 bits per heavy atom. The molecule has 6 nitrogen and oxygen atoms in total. The van der Waals surface area contributed by atoms with Crippen LogP contribution in [-0.4, -0.2) is 35.8 Å². The van der Waals surface area contributed by atoms with Gasteiger partial charge in [-0.3, -0.25) is 19.3 Å². The van der Waals surface area contributed by atoms with E-state index in [0.29, 0.717) is 16.8 Å². The van der Waals surface area contributed by atoms with Crippen molar-refractivity contribution in [3.05, 3.63) is 71.8 Å². The standard InChI is InChI=1S/C19H14F2N2O4/c1-11-13-4-2-3-5-14(13)19(26)23(11)9-18(25)27-10-17(24)22-16-8-12(20)6-7-15(16)21/h2-8H,1,9-10H2,(H,22,24). The minimum Gasteiger partial charge on any atom is -0.454 e. The highest BCUT2D eigenvalue weighted by atomic mass is 19.1. The number of carbonyl (C=O) groups excluding carboxylic acids is 3. The van der Waals surface area contributed by atoms with Gasteiger partial charge >= 0.3 is 5.97 Å². The summed E-state index contributed by atoms with van der Waals surface area (Å²) in [4.78, 5) is 37.1. The lowest BCUT2D eigenvalue weighted by Crippen LogP contribution is -2.32. The average molecular weight is 372 g/mol. The molecule has 3 rings (SSSR count). The highest BCUT2D eigenvalue weighted by Crippen LogP contribution is 2.30. The molecule has 0 aliphatic carbocycles. The van der Waals surface area contributed by atoms with Gasteiger partial charge in [-0.2, -0.15) is 0 Å². The third-order valence-electron chi connectivity index (χ3n) is 3.89. The molecule has 1 N–H and O–H groups in total. The second-order valence-corrected chi connectivity index (χ2v) is 5.72. The summed E-state index contributed by atoms with van der Waals surface area (Å²) in [7, 11) is 0. The van der Waals surface area contributed by atoms with Crippen LogP contribution in [0.2, 0.25) is 0 Å². The number of hydrogen-bond acceptors (Lipinski definition) is 4. The van der Waals surface area contributed by atoms with Gasteiger partial charge in [-0.05, 0) is 18.2 Å². The summed E-state index contributed by atoms with van der Waals surface area (Å²) < 4.78 is 31.3. The molecule has 0 saturated carbocycles. The maximum absolute atomic E-state index is 13.5. The van der Waals surface area contributed by atoms with Crippen LogP contribution in [0.4, 0.5) is 14.5 Å². The van der Waals surface area contributed by atoms with Gasteiger partial charge in [0, 0.05) is 22.9 Å². The lowest BCUT2D eigenvalue weighted by Gasteiger charge is -2.16. The van der Waals surface area contributed by atoms with Gasteiger partial charge in [0.1, 0.15) is 18.2 Å². The fraction of sp³-hybridized carbons (Fsp3) is 0.105. The number of halogens is 2. The summed E-state index contributed by atoms with van der Waals surface area (Å²) >= 11 is 0. The molecule has 0 fully saturated rings. The monoisotopic (exact) mass is 372 g/mol. The fourth-order valence-corrected chi connectivity index (χ4v) is 2.60. The summed E-state index contributed by atoms with van der Waals surface area (Å²) in [5.74, 6) is -3.63. The molecular formula is C19H14F2N2O4. The Labute approximate surface area is 153 Å². The second kappa shape index (κ2) is 7.36. The van der Waals surface area contributed by atoms with Crippen LogP contribution in [0.15, 0.2) is 49.0 Å². The zero-order valence-corrected chi connectivity index (χ0v) is 14.0. The molecule has 8 heteroatoms. The van der Waals surface area contributed by atoms with Crippen LogP contribution in [0, 0.1) is 11.6 Å². The Balaban J connectivity index is 1.54. The van der Waals surface area contributed by atoms with Gasteiger partial charge in [0.05, 0.1) is 5.69 Å². The zero-order valence-electron chi connectivity index (χ0n) is 14.0. The minimum absolute atomic E-state index is 0.360. The molecule has 1 heterocycles. The summed E-state index contributed by atoms with van der Waals surface area (Å²) in [5.41, 5.74) is 1.04. The van der Waals surface area contributed by atoms with E-state index in [4.69, 9.17) is 4.74 Å². The molecule has 138 valence electrons. The SMILES string of the molecule is C=C1c2ccccc2C(=O)N1CC(=O)OCC(=O)Nc1cc(F)ccc1F. The van der Waals surface area contributed by atoms with Crippen molar-refractivity contribution in [2.75, 3.05) is 18.5 Å². The van der Waals surface area contributed by atoms with Crippen molar-refractivity contribution >= 4 is 29.2 Å². The summed E-state index contributed by atoms with van der Waals surface area (Å²) in [5, 5.41) is 2.10. The largest absolute Gasteiger partial charge is 0.454 e. The number of rotatable bonds is 5. The van der Waals surface area contributed by atoms with E-state index in [9.17, 15) is 23.2 Å². The lowest BCUT2D eigenvalue weighted by molar-refractivity contribution is -0.147. The van der Waals surface area contributed by atoms with Crippen molar-refractivity contribution in [1.82, 2.24) is 4.90 Å². The molecule has 2 amide bonds. The molecule has 2 aromatic carbocycles. The Kier molecular flexibility index (Phi) is 4.98. The number of ether oxygens (including phenoxy) is 1. The van der Waals surface area contributed by atoms with Crippen LogP contribution < -0.4 is 5.32 Å². The first kappa shape index (κ1) is 18.2. The number of nitrogens with zero attached hydrogens (tertiary/aromatic N) is 1. The number of carbonyl (C=O) groups is 3. The number of fused-ring (bicyclic) bond motifs is 1. The number of anilines is 1. The van der Waals surface area contributed by atoms with Gasteiger partial charge in [0.2, 0.25) is 0 Å². The van der Waals surface area contributed by atoms with E-state index in [0.717, 1.165) is 23.1 Å². The molecule has 27 heavy (non-hydrogen) atoms. The van der Waals surface area contributed by atoms with Crippen LogP contribution in [0.25, 0.3) is 5.70 Å². The van der Waals surface area contributed by atoms with Crippen molar-refractivity contribution in [3.63, 3.8) is 0 Å². The molecule has 0 atom stereocenters. The van der Waals surface area contributed by atoms with Gasteiger partial charge in [0.25, 0.3) is 11.8 Å². The van der Waals surface area contributed by atoms with E-state index >= 15 is 0 Å². The van der Waals surface area contributed by atoms with E-state index in [-0.39, 0.29) is 11.6 Å². The highest BCUT2D eigenvalue weighted by molar-refractivity contribution is 6.10. The summed E-state index contributed by atoms with van der Waals surface area (Å²) in [6.07, 6.45) is 0. The second-order valence-electron chi connectivity index (χ2n) is 5.72. The predicted molar refractivity (Wildman–Crippen MR) is 92.5 cm³/mol. The Morgan fingerprint density at radius 1 is 1.11 bits per heavy atom. The van der Waals surface area contributed by atoms with Gasteiger partial charge in [-0.15, -0.1) is 0 Å². The molecular weight excluding hydrogens is 358 g/mol. The van der Waals surface area contributed by atoms with Crippen LogP contribution in [-0.2, 0) is 14.3 Å². The van der Waals surface area contributed by atoms with Crippen molar-refractivity contribution in [2.24, 2.45) is 0 Å². The maximum Gasteiger partial charge on any atom is 0.326 e. The lowest BCUT2D eigenvalue weighted by atomic mass is 10.1. The molecule has 0 radical (unpaired) electrons. The number of benzene rings is 2. The molecule has 1 aliphatic heterocycles. The van der Waals surface area contributed by atoms with E-state index < -0.39 is 36.7 Å². The van der Waals surface area contributed by atoms with Crippen LogP contribution in [0.5, 0.6) is 0 Å². The molecule has 0 spiro atoms. The van der Waals surface area contributed by atoms with Crippen molar-refractivity contribution in [1.29, 1.82) is 0 Å². The van der Waals surface area contributed by atoms with Crippen molar-refractivity contribution in [3.8, 4) is 0 Å². The quantitative estimate of drug-likeness (QED) is 0.819. The van der Waals surface area contributed by atoms with E-state index in [2.05, 4.69) is 11.9 Å². The number of nitrogens with one attached hydrogen (secondary N) is 1. The van der Waals surface area contributed by atoms with E-state index in [1.165, 1.54) is 0 Å². The maximum atomic E-state index is 13.5. The van der Waals surface area contributed by atoms with E-state index in [1.54, 1.807) is 24.3 Å². The Bertz CT molecular complexity index is 923. The number of esters is 1. The highest BCUT2D eigenvalue weighted by Gasteiger charge is 2.32. The Morgan fingerprint density at radius 2 is 1.81 bits per heavy atom. The molecule has 0 saturated heterocycles. The normalized spacial score (nSPS) is 12.7. The van der Waals surface area contributed by atoms with Gasteiger partial charge in [0.15, 0.2) is 6.61 Å². The molecule has 0 unspecified atom stereocenters.